The molecular weight excluding hydrogens is 450 g/mol. The van der Waals surface area contributed by atoms with Crippen molar-refractivity contribution in [1.29, 1.82) is 5.26 Å². The Labute approximate surface area is 194 Å². The van der Waals surface area contributed by atoms with Crippen LogP contribution in [0, 0.1) is 24.2 Å². The minimum atomic E-state index is -1.20. The summed E-state index contributed by atoms with van der Waals surface area (Å²) >= 11 is 7.11. The van der Waals surface area contributed by atoms with Crippen LogP contribution in [0.1, 0.15) is 17.0 Å². The normalized spacial score (nSPS) is 17.9. The van der Waals surface area contributed by atoms with Crippen molar-refractivity contribution >= 4 is 46.8 Å². The van der Waals surface area contributed by atoms with E-state index >= 15 is 0 Å². The van der Waals surface area contributed by atoms with Crippen LogP contribution in [0.2, 0.25) is 5.02 Å². The molecule has 0 aliphatic carbocycles. The van der Waals surface area contributed by atoms with E-state index in [0.717, 1.165) is 17.3 Å². The van der Waals surface area contributed by atoms with Crippen molar-refractivity contribution in [1.82, 2.24) is 5.32 Å². The van der Waals surface area contributed by atoms with Crippen LogP contribution in [-0.4, -0.2) is 30.6 Å². The third-order valence-corrected chi connectivity index (χ3v) is 6.37. The topological polar surface area (TPSA) is 108 Å². The number of methoxy groups -OCH3 is 1. The number of benzene rings is 2. The van der Waals surface area contributed by atoms with E-state index < -0.39 is 23.7 Å². The second-order valence-corrected chi connectivity index (χ2v) is 8.43. The molecule has 1 aliphatic rings. The average molecular weight is 470 g/mol. The number of amides is 2. The summed E-state index contributed by atoms with van der Waals surface area (Å²) in [7, 11) is 1.19. The van der Waals surface area contributed by atoms with Crippen LogP contribution in [0.25, 0.3) is 0 Å². The highest BCUT2D eigenvalue weighted by Crippen LogP contribution is 2.40. The second kappa shape index (κ2) is 10.4. The van der Waals surface area contributed by atoms with Crippen LogP contribution < -0.4 is 10.6 Å². The molecule has 2 amide bonds. The molecule has 2 N–H and O–H groups in total. The number of allylic oxidation sites excluding steroid dienone is 1. The average Bonchev–Trinajstić information content (AvgIpc) is 2.79. The molecular formula is C23H20ClN3O4S. The van der Waals surface area contributed by atoms with E-state index in [1.807, 2.05) is 6.92 Å². The van der Waals surface area contributed by atoms with Crippen molar-refractivity contribution in [2.75, 3.05) is 18.2 Å². The molecule has 0 fully saturated rings. The number of rotatable bonds is 6. The number of aryl methyl sites for hydroxylation is 1. The summed E-state index contributed by atoms with van der Waals surface area (Å²) in [5, 5.41) is 16.0. The van der Waals surface area contributed by atoms with Gasteiger partial charge in [0.1, 0.15) is 5.92 Å². The molecule has 2 aromatic rings. The number of hydrogen-bond acceptors (Lipinski definition) is 6. The Kier molecular flexibility index (Phi) is 7.57. The first-order chi connectivity index (χ1) is 15.3. The number of nitrogens with zero attached hydrogens (tertiary/aromatic N) is 1. The zero-order valence-corrected chi connectivity index (χ0v) is 18.9. The molecule has 3 rings (SSSR count). The standard InChI is InChI=1S/C23H20ClN3O4S/c1-13-8-9-15(10-17(13)24)26-18(28)12-32-22-16(11-25)19(14-6-4-3-5-7-14)20(21(29)27-22)23(30)31-2/h3-10,19-20H,12H2,1-2H3,(H,26,28)(H,27,29)/t19-,20+/m0/s1. The van der Waals surface area contributed by atoms with Crippen LogP contribution in [0.15, 0.2) is 59.1 Å². The fourth-order valence-electron chi connectivity index (χ4n) is 3.35. The van der Waals surface area contributed by atoms with Gasteiger partial charge in [-0.3, -0.25) is 14.4 Å². The van der Waals surface area contributed by atoms with Gasteiger partial charge in [-0.05, 0) is 30.2 Å². The van der Waals surface area contributed by atoms with E-state index in [1.165, 1.54) is 7.11 Å². The highest BCUT2D eigenvalue weighted by atomic mass is 35.5. The van der Waals surface area contributed by atoms with Gasteiger partial charge in [-0.15, -0.1) is 0 Å². The third-order valence-electron chi connectivity index (χ3n) is 4.95. The fourth-order valence-corrected chi connectivity index (χ4v) is 4.37. The second-order valence-electron chi connectivity index (χ2n) is 7.03. The molecule has 0 bridgehead atoms. The van der Waals surface area contributed by atoms with Gasteiger partial charge in [-0.2, -0.15) is 5.26 Å². The minimum absolute atomic E-state index is 0.0588. The highest BCUT2D eigenvalue weighted by molar-refractivity contribution is 8.03. The Morgan fingerprint density at radius 3 is 2.59 bits per heavy atom. The van der Waals surface area contributed by atoms with Gasteiger partial charge in [0.25, 0.3) is 0 Å². The molecule has 0 saturated carbocycles. The molecule has 2 atom stereocenters. The van der Waals surface area contributed by atoms with Crippen molar-refractivity contribution in [3.05, 3.63) is 75.3 Å². The molecule has 0 radical (unpaired) electrons. The summed E-state index contributed by atoms with van der Waals surface area (Å²) in [4.78, 5) is 37.6. The lowest BCUT2D eigenvalue weighted by Gasteiger charge is -2.30. The van der Waals surface area contributed by atoms with Gasteiger partial charge >= 0.3 is 5.97 Å². The zero-order chi connectivity index (χ0) is 23.3. The van der Waals surface area contributed by atoms with Gasteiger partial charge in [0.2, 0.25) is 11.8 Å². The maximum Gasteiger partial charge on any atom is 0.319 e. The smallest absolute Gasteiger partial charge is 0.319 e. The number of thioether (sulfide) groups is 1. The summed E-state index contributed by atoms with van der Waals surface area (Å²) in [6, 6.07) is 16.1. The third kappa shape index (κ3) is 5.13. The monoisotopic (exact) mass is 469 g/mol. The van der Waals surface area contributed by atoms with Crippen molar-refractivity contribution in [2.45, 2.75) is 12.8 Å². The maximum atomic E-state index is 12.8. The largest absolute Gasteiger partial charge is 0.468 e. The van der Waals surface area contributed by atoms with E-state index in [-0.39, 0.29) is 22.3 Å². The van der Waals surface area contributed by atoms with Crippen LogP contribution in [-0.2, 0) is 19.1 Å². The molecule has 1 heterocycles. The maximum absolute atomic E-state index is 12.8. The van der Waals surface area contributed by atoms with Crippen molar-refractivity contribution < 1.29 is 19.1 Å². The number of carbonyl (C=O) groups excluding carboxylic acids is 3. The molecule has 7 nitrogen and oxygen atoms in total. The summed E-state index contributed by atoms with van der Waals surface area (Å²) in [5.41, 5.74) is 2.26. The Morgan fingerprint density at radius 1 is 1.25 bits per heavy atom. The Morgan fingerprint density at radius 2 is 1.97 bits per heavy atom. The summed E-state index contributed by atoms with van der Waals surface area (Å²) in [5.74, 6) is -3.73. The van der Waals surface area contributed by atoms with E-state index in [2.05, 4.69) is 16.7 Å². The van der Waals surface area contributed by atoms with E-state index in [9.17, 15) is 19.6 Å². The predicted molar refractivity (Wildman–Crippen MR) is 123 cm³/mol. The van der Waals surface area contributed by atoms with Gasteiger partial charge < -0.3 is 15.4 Å². The summed E-state index contributed by atoms with van der Waals surface area (Å²) in [6.07, 6.45) is 0. The van der Waals surface area contributed by atoms with Gasteiger partial charge in [0.15, 0.2) is 0 Å². The van der Waals surface area contributed by atoms with Crippen LogP contribution >= 0.6 is 23.4 Å². The number of nitrogens with one attached hydrogen (secondary N) is 2. The number of nitriles is 1. The Balaban J connectivity index is 1.85. The SMILES string of the molecule is COC(=O)[C@H]1C(=O)NC(SCC(=O)Nc2ccc(C)c(Cl)c2)=C(C#N)[C@@H]1c1ccccc1. The van der Waals surface area contributed by atoms with Crippen LogP contribution in [0.4, 0.5) is 5.69 Å². The lowest BCUT2D eigenvalue weighted by molar-refractivity contribution is -0.150. The zero-order valence-electron chi connectivity index (χ0n) is 17.3. The molecule has 0 spiro atoms. The van der Waals surface area contributed by atoms with Gasteiger partial charge in [-0.25, -0.2) is 0 Å². The van der Waals surface area contributed by atoms with E-state index in [4.69, 9.17) is 16.3 Å². The first-order valence-electron chi connectivity index (χ1n) is 9.62. The lowest BCUT2D eigenvalue weighted by Crippen LogP contribution is -2.44. The van der Waals surface area contributed by atoms with E-state index in [0.29, 0.717) is 16.3 Å². The first-order valence-corrected chi connectivity index (χ1v) is 11.0. The molecule has 1 aliphatic heterocycles. The number of halogens is 1. The molecule has 164 valence electrons. The Hall–Kier alpha value is -3.28. The fraction of sp³-hybridized carbons (Fsp3) is 0.217. The molecule has 32 heavy (non-hydrogen) atoms. The number of ether oxygens (including phenoxy) is 1. The van der Waals surface area contributed by atoms with Crippen molar-refractivity contribution in [3.8, 4) is 6.07 Å². The minimum Gasteiger partial charge on any atom is -0.468 e. The van der Waals surface area contributed by atoms with E-state index in [1.54, 1.807) is 48.5 Å². The quantitative estimate of drug-likeness (QED) is 0.492. The highest BCUT2D eigenvalue weighted by Gasteiger charge is 2.44. The molecule has 0 unspecified atom stereocenters. The summed E-state index contributed by atoms with van der Waals surface area (Å²) in [6.45, 7) is 1.86. The van der Waals surface area contributed by atoms with Crippen LogP contribution in [0.5, 0.6) is 0 Å². The molecule has 0 aromatic heterocycles. The summed E-state index contributed by atoms with van der Waals surface area (Å²) < 4.78 is 4.81. The van der Waals surface area contributed by atoms with Crippen molar-refractivity contribution in [3.63, 3.8) is 0 Å². The predicted octanol–water partition coefficient (Wildman–Crippen LogP) is 3.76. The number of esters is 1. The Bertz CT molecular complexity index is 1130. The van der Waals surface area contributed by atoms with Crippen molar-refractivity contribution in [2.24, 2.45) is 5.92 Å². The molecule has 0 saturated heterocycles. The van der Waals surface area contributed by atoms with Gasteiger partial charge in [-0.1, -0.05) is 59.8 Å². The van der Waals surface area contributed by atoms with Crippen LogP contribution in [0.3, 0.4) is 0 Å². The molecule has 9 heteroatoms. The van der Waals surface area contributed by atoms with Gasteiger partial charge in [0.05, 0.1) is 29.5 Å². The lowest BCUT2D eigenvalue weighted by atomic mass is 9.78. The molecule has 2 aromatic carbocycles. The number of carbonyl (C=O) groups is 3. The first kappa shape index (κ1) is 23.4. The number of hydrogen-bond donors (Lipinski definition) is 2. The van der Waals surface area contributed by atoms with Gasteiger partial charge in [0, 0.05) is 16.6 Å². The number of anilines is 1.